The number of pyridine rings is 1. The van der Waals surface area contributed by atoms with Crippen LogP contribution in [0.5, 0.6) is 5.75 Å². The molecular formula is C36H35F2N7O5. The minimum absolute atomic E-state index is 0.0867. The van der Waals surface area contributed by atoms with Crippen LogP contribution in [0.4, 0.5) is 30.9 Å². The lowest BCUT2D eigenvalue weighted by Crippen LogP contribution is -2.51. The lowest BCUT2D eigenvalue weighted by Gasteiger charge is -2.34. The highest BCUT2D eigenvalue weighted by Gasteiger charge is 2.31. The number of carbonyl (C=O) groups excluding carboxylic acids is 3. The molecule has 6 rings (SSSR count). The Morgan fingerprint density at radius 3 is 2.30 bits per heavy atom. The number of fused-ring (bicyclic) bond motifs is 1. The van der Waals surface area contributed by atoms with Gasteiger partial charge in [0.15, 0.2) is 5.65 Å². The Balaban J connectivity index is 1.14. The van der Waals surface area contributed by atoms with E-state index in [1.165, 1.54) is 36.3 Å². The third-order valence-electron chi connectivity index (χ3n) is 7.76. The summed E-state index contributed by atoms with van der Waals surface area (Å²) in [4.78, 5) is 44.4. The van der Waals surface area contributed by atoms with E-state index in [9.17, 15) is 23.2 Å². The van der Waals surface area contributed by atoms with Gasteiger partial charge in [-0.15, -0.1) is 5.10 Å². The molecule has 0 bridgehead atoms. The molecule has 5 aromatic rings. The van der Waals surface area contributed by atoms with E-state index < -0.39 is 35.6 Å². The fourth-order valence-corrected chi connectivity index (χ4v) is 5.27. The predicted molar refractivity (Wildman–Crippen MR) is 183 cm³/mol. The summed E-state index contributed by atoms with van der Waals surface area (Å²) < 4.78 is 39.3. The molecule has 0 radical (unpaired) electrons. The molecule has 0 spiro atoms. The number of carbonyl (C=O) groups is 3. The van der Waals surface area contributed by atoms with Crippen molar-refractivity contribution in [1.82, 2.24) is 24.8 Å². The molecule has 1 atom stereocenters. The standard InChI is InChI=1S/C36H35F2N7O5/c1-36(2,3)50-35(48)42-31(22-5-11-25(37)12-6-22)32(46)39-27-13-7-21(8-14-27)24-10-16-30-41-34(43-45(30)18-24)40-28-15-9-23(17-29(28)49-4)33(47)44-19-26(38)20-44/h5-18,26,31H,19-20H2,1-4H3,(H,39,46)(H,40,43)(H,42,48)/t31-/m1/s1. The van der Waals surface area contributed by atoms with Crippen molar-refractivity contribution in [3.63, 3.8) is 0 Å². The monoisotopic (exact) mass is 683 g/mol. The lowest BCUT2D eigenvalue weighted by molar-refractivity contribution is -0.118. The number of rotatable bonds is 9. The summed E-state index contributed by atoms with van der Waals surface area (Å²) in [5.74, 6) is -0.565. The largest absolute Gasteiger partial charge is 0.495 e. The summed E-state index contributed by atoms with van der Waals surface area (Å²) in [6.45, 7) is 5.30. The molecule has 0 unspecified atom stereocenters. The van der Waals surface area contributed by atoms with E-state index in [2.05, 4.69) is 26.0 Å². The molecule has 0 saturated carbocycles. The highest BCUT2D eigenvalue weighted by atomic mass is 19.1. The zero-order valence-electron chi connectivity index (χ0n) is 27.7. The molecule has 3 heterocycles. The van der Waals surface area contributed by atoms with E-state index >= 15 is 0 Å². The van der Waals surface area contributed by atoms with Crippen LogP contribution in [-0.2, 0) is 9.53 Å². The van der Waals surface area contributed by atoms with E-state index in [0.717, 1.165) is 11.1 Å². The maximum Gasteiger partial charge on any atom is 0.408 e. The van der Waals surface area contributed by atoms with Crippen molar-refractivity contribution in [2.75, 3.05) is 30.8 Å². The number of amides is 3. The molecule has 3 amide bonds. The summed E-state index contributed by atoms with van der Waals surface area (Å²) >= 11 is 0. The molecule has 0 aliphatic carbocycles. The smallest absolute Gasteiger partial charge is 0.408 e. The molecule has 1 saturated heterocycles. The van der Waals surface area contributed by atoms with Crippen LogP contribution in [0.1, 0.15) is 42.7 Å². The van der Waals surface area contributed by atoms with Crippen LogP contribution in [0.25, 0.3) is 16.8 Å². The fraction of sp³-hybridized carbons (Fsp3) is 0.250. The molecule has 1 fully saturated rings. The Morgan fingerprint density at radius 2 is 1.64 bits per heavy atom. The molecule has 258 valence electrons. The molecule has 2 aromatic heterocycles. The molecule has 12 nitrogen and oxygen atoms in total. The molecule has 3 aromatic carbocycles. The Hall–Kier alpha value is -6.05. The average Bonchev–Trinajstić information content (AvgIpc) is 3.47. The maximum absolute atomic E-state index is 13.6. The van der Waals surface area contributed by atoms with E-state index in [4.69, 9.17) is 9.47 Å². The van der Waals surface area contributed by atoms with E-state index in [0.29, 0.717) is 39.8 Å². The SMILES string of the molecule is COc1cc(C(=O)N2CC(F)C2)ccc1Nc1nc2ccc(-c3ccc(NC(=O)[C@H](NC(=O)OC(C)(C)C)c4ccc(F)cc4)cc3)cn2n1. The molecule has 14 heteroatoms. The van der Waals surface area contributed by atoms with Crippen LogP contribution in [-0.4, -0.2) is 69.4 Å². The highest BCUT2D eigenvalue weighted by molar-refractivity contribution is 5.97. The van der Waals surface area contributed by atoms with Gasteiger partial charge in [-0.1, -0.05) is 24.3 Å². The number of halogens is 2. The van der Waals surface area contributed by atoms with Crippen LogP contribution < -0.4 is 20.7 Å². The first-order valence-corrected chi connectivity index (χ1v) is 15.8. The van der Waals surface area contributed by atoms with Gasteiger partial charge in [0, 0.05) is 23.0 Å². The van der Waals surface area contributed by atoms with Crippen LogP contribution in [0, 0.1) is 5.82 Å². The Labute approximate surface area is 286 Å². The minimum Gasteiger partial charge on any atom is -0.495 e. The van der Waals surface area contributed by atoms with Crippen molar-refractivity contribution in [1.29, 1.82) is 0 Å². The number of nitrogens with zero attached hydrogens (tertiary/aromatic N) is 4. The van der Waals surface area contributed by atoms with Gasteiger partial charge in [-0.25, -0.2) is 18.1 Å². The van der Waals surface area contributed by atoms with Crippen molar-refractivity contribution >= 4 is 40.9 Å². The van der Waals surface area contributed by atoms with Gasteiger partial charge in [-0.3, -0.25) is 9.59 Å². The fourth-order valence-electron chi connectivity index (χ4n) is 5.27. The number of hydrogen-bond donors (Lipinski definition) is 3. The lowest BCUT2D eigenvalue weighted by atomic mass is 10.1. The Bertz CT molecular complexity index is 2040. The Kier molecular flexibility index (Phi) is 9.35. The summed E-state index contributed by atoms with van der Waals surface area (Å²) in [6, 6.07) is 19.8. The van der Waals surface area contributed by atoms with E-state index in [1.807, 2.05) is 24.3 Å². The van der Waals surface area contributed by atoms with E-state index in [-0.39, 0.29) is 19.0 Å². The topological polar surface area (TPSA) is 139 Å². The van der Waals surface area contributed by atoms with Gasteiger partial charge in [0.05, 0.1) is 25.9 Å². The van der Waals surface area contributed by atoms with Gasteiger partial charge in [0.2, 0.25) is 5.95 Å². The summed E-state index contributed by atoms with van der Waals surface area (Å²) in [7, 11) is 1.49. The highest BCUT2D eigenvalue weighted by Crippen LogP contribution is 2.30. The van der Waals surface area contributed by atoms with Gasteiger partial charge in [0.1, 0.15) is 29.4 Å². The van der Waals surface area contributed by atoms with Crippen molar-refractivity contribution in [2.45, 2.75) is 38.6 Å². The van der Waals surface area contributed by atoms with Gasteiger partial charge in [-0.05, 0) is 86.5 Å². The third-order valence-corrected chi connectivity index (χ3v) is 7.76. The number of anilines is 3. The molecule has 1 aliphatic rings. The maximum atomic E-state index is 13.6. The molecular weight excluding hydrogens is 648 g/mol. The summed E-state index contributed by atoms with van der Waals surface area (Å²) in [5, 5.41) is 13.0. The van der Waals surface area contributed by atoms with Crippen LogP contribution >= 0.6 is 0 Å². The number of nitrogens with one attached hydrogen (secondary N) is 3. The zero-order valence-corrected chi connectivity index (χ0v) is 27.7. The summed E-state index contributed by atoms with van der Waals surface area (Å²) in [5.41, 5.74) is 3.25. The minimum atomic E-state index is -1.14. The van der Waals surface area contributed by atoms with Crippen molar-refractivity contribution in [2.24, 2.45) is 0 Å². The molecule has 50 heavy (non-hydrogen) atoms. The van der Waals surface area contributed by atoms with Gasteiger partial charge in [-0.2, -0.15) is 4.98 Å². The third kappa shape index (κ3) is 7.80. The number of hydrogen-bond acceptors (Lipinski definition) is 8. The van der Waals surface area contributed by atoms with Crippen molar-refractivity contribution < 1.29 is 32.6 Å². The Morgan fingerprint density at radius 1 is 0.940 bits per heavy atom. The first kappa shape index (κ1) is 33.8. The van der Waals surface area contributed by atoms with E-state index in [1.54, 1.807) is 61.8 Å². The van der Waals surface area contributed by atoms with Crippen LogP contribution in [0.2, 0.25) is 0 Å². The average molecular weight is 684 g/mol. The second-order valence-electron chi connectivity index (χ2n) is 12.7. The number of benzene rings is 3. The normalized spacial score (nSPS) is 13.7. The zero-order chi connectivity index (χ0) is 35.6. The second kappa shape index (κ2) is 13.8. The number of alkyl halides is 1. The number of ether oxygens (including phenoxy) is 2. The first-order valence-electron chi connectivity index (χ1n) is 15.8. The summed E-state index contributed by atoms with van der Waals surface area (Å²) in [6.07, 6.45) is 0.0318. The number of methoxy groups -OCH3 is 1. The quantitative estimate of drug-likeness (QED) is 0.165. The van der Waals surface area contributed by atoms with Crippen molar-refractivity contribution in [3.8, 4) is 16.9 Å². The number of aromatic nitrogens is 3. The molecule has 1 aliphatic heterocycles. The predicted octanol–water partition coefficient (Wildman–Crippen LogP) is 6.29. The van der Waals surface area contributed by atoms with Crippen molar-refractivity contribution in [3.05, 3.63) is 102 Å². The van der Waals surface area contributed by atoms with Gasteiger partial charge >= 0.3 is 6.09 Å². The number of likely N-dealkylation sites (tertiary alicyclic amines) is 1. The van der Waals surface area contributed by atoms with Gasteiger partial charge in [0.25, 0.3) is 11.8 Å². The number of alkyl carbamates (subject to hydrolysis) is 1. The molecule has 3 N–H and O–H groups in total. The second-order valence-corrected chi connectivity index (χ2v) is 12.7. The first-order chi connectivity index (χ1) is 23.8. The van der Waals surface area contributed by atoms with Crippen LogP contribution in [0.3, 0.4) is 0 Å². The van der Waals surface area contributed by atoms with Crippen LogP contribution in [0.15, 0.2) is 85.1 Å². The van der Waals surface area contributed by atoms with Gasteiger partial charge < -0.3 is 30.3 Å².